The van der Waals surface area contributed by atoms with Crippen molar-refractivity contribution in [3.8, 4) is 5.75 Å². The fourth-order valence-electron chi connectivity index (χ4n) is 2.34. The Morgan fingerprint density at radius 2 is 2.15 bits per heavy atom. The molecule has 0 bridgehead atoms. The van der Waals surface area contributed by atoms with Gasteiger partial charge in [0.1, 0.15) is 18.2 Å². The topological polar surface area (TPSA) is 75.8 Å². The van der Waals surface area contributed by atoms with Crippen LogP contribution in [0, 0.1) is 5.82 Å². The van der Waals surface area contributed by atoms with Gasteiger partial charge in [-0.2, -0.15) is 0 Å². The van der Waals surface area contributed by atoms with Crippen molar-refractivity contribution in [1.82, 2.24) is 4.90 Å². The number of piperidine rings is 1. The van der Waals surface area contributed by atoms with E-state index >= 15 is 0 Å². The molecule has 1 aromatic carbocycles. The third-order valence-corrected chi connectivity index (χ3v) is 3.50. The molecule has 6 heteroatoms. The summed E-state index contributed by atoms with van der Waals surface area (Å²) in [5, 5.41) is 10.1. The SMILES string of the molecule is NC(=O)[C@@]1(O)CCCN(CCOc2ccc(F)cc2)C1. The Morgan fingerprint density at radius 3 is 2.80 bits per heavy atom. The lowest BCUT2D eigenvalue weighted by Crippen LogP contribution is -2.56. The Labute approximate surface area is 117 Å². The van der Waals surface area contributed by atoms with Crippen LogP contribution in [0.4, 0.5) is 4.39 Å². The molecule has 1 heterocycles. The molecule has 1 fully saturated rings. The van der Waals surface area contributed by atoms with Gasteiger partial charge in [0.15, 0.2) is 5.60 Å². The summed E-state index contributed by atoms with van der Waals surface area (Å²) in [6.45, 7) is 2.00. The standard InChI is InChI=1S/C14H19FN2O3/c15-11-2-4-12(5-3-11)20-9-8-17-7-1-6-14(19,10-17)13(16)18/h2-5,19H,1,6-10H2,(H2,16,18)/t14-/m1/s1. The van der Waals surface area contributed by atoms with Crippen molar-refractivity contribution in [2.45, 2.75) is 18.4 Å². The molecular weight excluding hydrogens is 263 g/mol. The maximum absolute atomic E-state index is 12.7. The molecule has 3 N–H and O–H groups in total. The zero-order valence-electron chi connectivity index (χ0n) is 11.2. The number of benzene rings is 1. The summed E-state index contributed by atoms with van der Waals surface area (Å²) in [5.74, 6) is -0.393. The number of likely N-dealkylation sites (tertiary alicyclic amines) is 1. The highest BCUT2D eigenvalue weighted by Crippen LogP contribution is 2.20. The van der Waals surface area contributed by atoms with E-state index in [1.807, 2.05) is 4.90 Å². The average molecular weight is 282 g/mol. The number of nitrogens with zero attached hydrogens (tertiary/aromatic N) is 1. The van der Waals surface area contributed by atoms with Crippen LogP contribution in [0.25, 0.3) is 0 Å². The largest absolute Gasteiger partial charge is 0.492 e. The second-order valence-electron chi connectivity index (χ2n) is 5.08. The van der Waals surface area contributed by atoms with Gasteiger partial charge in [-0.1, -0.05) is 0 Å². The Kier molecular flexibility index (Phi) is 4.57. The van der Waals surface area contributed by atoms with E-state index < -0.39 is 11.5 Å². The second kappa shape index (κ2) is 6.19. The summed E-state index contributed by atoms with van der Waals surface area (Å²) < 4.78 is 18.2. The summed E-state index contributed by atoms with van der Waals surface area (Å²) in [6, 6.07) is 5.79. The summed E-state index contributed by atoms with van der Waals surface area (Å²) in [7, 11) is 0. The Morgan fingerprint density at radius 1 is 1.45 bits per heavy atom. The molecule has 1 saturated heterocycles. The zero-order valence-corrected chi connectivity index (χ0v) is 11.2. The number of β-amino-alcohol motifs (C(OH)–C–C–N with tert-alkyl or cyclic N) is 1. The fourth-order valence-corrected chi connectivity index (χ4v) is 2.34. The minimum Gasteiger partial charge on any atom is -0.492 e. The van der Waals surface area contributed by atoms with Crippen LogP contribution in [0.5, 0.6) is 5.75 Å². The predicted molar refractivity (Wildman–Crippen MR) is 71.7 cm³/mol. The second-order valence-corrected chi connectivity index (χ2v) is 5.08. The molecule has 20 heavy (non-hydrogen) atoms. The first-order valence-electron chi connectivity index (χ1n) is 6.63. The van der Waals surface area contributed by atoms with Gasteiger partial charge >= 0.3 is 0 Å². The van der Waals surface area contributed by atoms with E-state index in [0.29, 0.717) is 25.3 Å². The summed E-state index contributed by atoms with van der Waals surface area (Å²) in [5.41, 5.74) is 3.78. The van der Waals surface area contributed by atoms with E-state index in [1.54, 1.807) is 12.1 Å². The van der Waals surface area contributed by atoms with Crippen LogP contribution >= 0.6 is 0 Å². The van der Waals surface area contributed by atoms with Crippen molar-refractivity contribution in [3.63, 3.8) is 0 Å². The van der Waals surface area contributed by atoms with E-state index in [-0.39, 0.29) is 12.4 Å². The van der Waals surface area contributed by atoms with Crippen LogP contribution in [-0.2, 0) is 4.79 Å². The molecule has 5 nitrogen and oxygen atoms in total. The number of carbonyl (C=O) groups is 1. The number of carbonyl (C=O) groups excluding carboxylic acids is 1. The minimum absolute atomic E-state index is 0.231. The summed E-state index contributed by atoms with van der Waals surface area (Å²) in [4.78, 5) is 13.2. The molecule has 1 aromatic rings. The number of primary amides is 1. The van der Waals surface area contributed by atoms with Gasteiger partial charge in [0.05, 0.1) is 0 Å². The van der Waals surface area contributed by atoms with Crippen LogP contribution in [-0.4, -0.2) is 47.8 Å². The van der Waals surface area contributed by atoms with Gasteiger partial charge < -0.3 is 15.6 Å². The third-order valence-electron chi connectivity index (χ3n) is 3.50. The molecule has 0 unspecified atom stereocenters. The van der Waals surface area contributed by atoms with E-state index in [4.69, 9.17) is 10.5 Å². The van der Waals surface area contributed by atoms with Crippen molar-refractivity contribution in [2.24, 2.45) is 5.73 Å². The number of ether oxygens (including phenoxy) is 1. The molecule has 1 aliphatic heterocycles. The van der Waals surface area contributed by atoms with Gasteiger partial charge in [-0.25, -0.2) is 4.39 Å². The van der Waals surface area contributed by atoms with Crippen LogP contribution in [0.2, 0.25) is 0 Å². The summed E-state index contributed by atoms with van der Waals surface area (Å²) in [6.07, 6.45) is 1.12. The number of nitrogens with two attached hydrogens (primary N) is 1. The molecule has 0 aliphatic carbocycles. The molecule has 110 valence electrons. The first-order valence-corrected chi connectivity index (χ1v) is 6.63. The van der Waals surface area contributed by atoms with Gasteiger partial charge in [0, 0.05) is 13.1 Å². The van der Waals surface area contributed by atoms with Gasteiger partial charge in [0.2, 0.25) is 0 Å². The lowest BCUT2D eigenvalue weighted by molar-refractivity contribution is -0.142. The highest BCUT2D eigenvalue weighted by molar-refractivity contribution is 5.83. The van der Waals surface area contributed by atoms with Crippen LogP contribution in [0.15, 0.2) is 24.3 Å². The van der Waals surface area contributed by atoms with E-state index in [1.165, 1.54) is 12.1 Å². The molecule has 0 saturated carbocycles. The predicted octanol–water partition coefficient (Wildman–Crippen LogP) is 0.517. The molecule has 0 spiro atoms. The Balaban J connectivity index is 1.79. The number of aliphatic hydroxyl groups is 1. The van der Waals surface area contributed by atoms with Crippen LogP contribution in [0.3, 0.4) is 0 Å². The van der Waals surface area contributed by atoms with Crippen molar-refractivity contribution in [3.05, 3.63) is 30.1 Å². The van der Waals surface area contributed by atoms with E-state index in [2.05, 4.69) is 0 Å². The normalized spacial score (nSPS) is 23.5. The number of amides is 1. The number of hydrogen-bond acceptors (Lipinski definition) is 4. The highest BCUT2D eigenvalue weighted by Gasteiger charge is 2.38. The molecule has 0 aromatic heterocycles. The van der Waals surface area contributed by atoms with Crippen LogP contribution < -0.4 is 10.5 Å². The average Bonchev–Trinajstić information content (AvgIpc) is 2.41. The number of hydrogen-bond donors (Lipinski definition) is 2. The molecule has 1 aliphatic rings. The lowest BCUT2D eigenvalue weighted by atomic mass is 9.92. The first-order chi connectivity index (χ1) is 9.49. The first kappa shape index (κ1) is 14.7. The Hall–Kier alpha value is -1.66. The highest BCUT2D eigenvalue weighted by atomic mass is 19.1. The molecule has 2 rings (SSSR count). The fraction of sp³-hybridized carbons (Fsp3) is 0.500. The molecule has 0 radical (unpaired) electrons. The monoisotopic (exact) mass is 282 g/mol. The van der Waals surface area contributed by atoms with E-state index in [9.17, 15) is 14.3 Å². The number of rotatable bonds is 5. The van der Waals surface area contributed by atoms with Gasteiger partial charge in [-0.05, 0) is 43.7 Å². The minimum atomic E-state index is -1.44. The number of halogens is 1. The van der Waals surface area contributed by atoms with Crippen molar-refractivity contribution >= 4 is 5.91 Å². The molecular formula is C14H19FN2O3. The third kappa shape index (κ3) is 3.68. The Bertz CT molecular complexity index is 466. The van der Waals surface area contributed by atoms with Gasteiger partial charge in [0.25, 0.3) is 5.91 Å². The maximum Gasteiger partial charge on any atom is 0.250 e. The van der Waals surface area contributed by atoms with Gasteiger partial charge in [-0.3, -0.25) is 9.69 Å². The lowest BCUT2D eigenvalue weighted by Gasteiger charge is -2.36. The quantitative estimate of drug-likeness (QED) is 0.825. The van der Waals surface area contributed by atoms with Crippen molar-refractivity contribution in [2.75, 3.05) is 26.2 Å². The zero-order chi connectivity index (χ0) is 14.6. The molecule has 1 atom stereocenters. The van der Waals surface area contributed by atoms with Crippen molar-refractivity contribution < 1.29 is 19.0 Å². The van der Waals surface area contributed by atoms with E-state index in [0.717, 1.165) is 13.0 Å². The van der Waals surface area contributed by atoms with Crippen molar-refractivity contribution in [1.29, 1.82) is 0 Å². The smallest absolute Gasteiger partial charge is 0.250 e. The van der Waals surface area contributed by atoms with Crippen LogP contribution in [0.1, 0.15) is 12.8 Å². The molecule has 1 amide bonds. The van der Waals surface area contributed by atoms with Gasteiger partial charge in [-0.15, -0.1) is 0 Å². The maximum atomic E-state index is 12.7. The summed E-state index contributed by atoms with van der Waals surface area (Å²) >= 11 is 0.